The van der Waals surface area contributed by atoms with E-state index in [1.165, 1.54) is 13.1 Å². The molecule has 1 N–H and O–H groups in total. The van der Waals surface area contributed by atoms with Crippen molar-refractivity contribution in [2.75, 3.05) is 13.6 Å². The minimum Gasteiger partial charge on any atom is -0.480 e. The van der Waals surface area contributed by atoms with Crippen LogP contribution in [0.3, 0.4) is 0 Å². The first kappa shape index (κ1) is 14.3. The summed E-state index contributed by atoms with van der Waals surface area (Å²) in [6.45, 7) is -0.674. The number of carboxylic acids is 1. The van der Waals surface area contributed by atoms with Crippen molar-refractivity contribution in [2.24, 2.45) is 0 Å². The van der Waals surface area contributed by atoms with Crippen molar-refractivity contribution in [3.63, 3.8) is 0 Å². The van der Waals surface area contributed by atoms with E-state index in [1.54, 1.807) is 24.3 Å². The molecule has 1 saturated heterocycles. The van der Waals surface area contributed by atoms with Gasteiger partial charge in [0.05, 0.1) is 11.6 Å². The molecule has 0 saturated carbocycles. The van der Waals surface area contributed by atoms with Gasteiger partial charge < -0.3 is 5.11 Å². The molecule has 0 atom stereocenters. The van der Waals surface area contributed by atoms with Crippen LogP contribution in [0.25, 0.3) is 6.08 Å². The number of hydrogen-bond donors (Lipinski definition) is 1. The molecule has 7 heteroatoms. The zero-order chi connectivity index (χ0) is 15.6. The van der Waals surface area contributed by atoms with Gasteiger partial charge >= 0.3 is 12.0 Å². The third kappa shape index (κ3) is 2.74. The van der Waals surface area contributed by atoms with E-state index >= 15 is 0 Å². The van der Waals surface area contributed by atoms with Crippen molar-refractivity contribution in [3.05, 3.63) is 41.1 Å². The molecule has 1 aliphatic heterocycles. The first-order valence-corrected chi connectivity index (χ1v) is 5.97. The summed E-state index contributed by atoms with van der Waals surface area (Å²) in [6, 6.07) is 7.74. The van der Waals surface area contributed by atoms with Gasteiger partial charge in [-0.1, -0.05) is 12.1 Å². The van der Waals surface area contributed by atoms with Crippen LogP contribution in [0.5, 0.6) is 0 Å². The van der Waals surface area contributed by atoms with Crippen molar-refractivity contribution in [1.29, 1.82) is 5.26 Å². The fraction of sp³-hybridized carbons (Fsp3) is 0.143. The Kier molecular flexibility index (Phi) is 3.71. The highest BCUT2D eigenvalue weighted by molar-refractivity contribution is 6.14. The van der Waals surface area contributed by atoms with E-state index < -0.39 is 24.5 Å². The molecule has 0 aliphatic carbocycles. The Balaban J connectivity index is 2.32. The number of amides is 3. The second-order valence-corrected chi connectivity index (χ2v) is 4.39. The largest absolute Gasteiger partial charge is 0.480 e. The van der Waals surface area contributed by atoms with Gasteiger partial charge in [-0.15, -0.1) is 0 Å². The molecule has 0 unspecified atom stereocenters. The van der Waals surface area contributed by atoms with E-state index in [9.17, 15) is 14.4 Å². The van der Waals surface area contributed by atoms with Gasteiger partial charge in [-0.05, 0) is 23.8 Å². The molecule has 2 rings (SSSR count). The van der Waals surface area contributed by atoms with E-state index in [-0.39, 0.29) is 5.70 Å². The van der Waals surface area contributed by atoms with Crippen LogP contribution < -0.4 is 0 Å². The SMILES string of the molecule is CN1C(=O)N(CC(=O)O)C(=O)C1=Cc1ccc(C#N)cc1. The molecule has 3 amide bonds. The maximum atomic E-state index is 12.1. The summed E-state index contributed by atoms with van der Waals surface area (Å²) in [5.41, 5.74) is 1.20. The molecular formula is C14H11N3O4. The predicted molar refractivity (Wildman–Crippen MR) is 71.6 cm³/mol. The van der Waals surface area contributed by atoms with E-state index in [4.69, 9.17) is 10.4 Å². The molecule has 0 spiro atoms. The summed E-state index contributed by atoms with van der Waals surface area (Å²) in [4.78, 5) is 36.3. The highest BCUT2D eigenvalue weighted by Gasteiger charge is 2.39. The maximum Gasteiger partial charge on any atom is 0.331 e. The third-order valence-corrected chi connectivity index (χ3v) is 2.98. The number of imide groups is 1. The van der Waals surface area contributed by atoms with Gasteiger partial charge in [0.15, 0.2) is 0 Å². The standard InChI is InChI=1S/C14H11N3O4/c1-16-11(6-9-2-4-10(7-15)5-3-9)13(20)17(14(16)21)8-12(18)19/h2-6H,8H2,1H3,(H,18,19). The molecule has 21 heavy (non-hydrogen) atoms. The Morgan fingerprint density at radius 2 is 1.95 bits per heavy atom. The van der Waals surface area contributed by atoms with Gasteiger partial charge in [-0.25, -0.2) is 9.69 Å². The van der Waals surface area contributed by atoms with Crippen LogP contribution in [0, 0.1) is 11.3 Å². The molecule has 0 radical (unpaired) electrons. The average molecular weight is 285 g/mol. The van der Waals surface area contributed by atoms with E-state index in [1.807, 2.05) is 6.07 Å². The van der Waals surface area contributed by atoms with Gasteiger partial charge in [0.25, 0.3) is 5.91 Å². The van der Waals surface area contributed by atoms with Crippen molar-refractivity contribution < 1.29 is 19.5 Å². The normalized spacial score (nSPS) is 16.5. The van der Waals surface area contributed by atoms with Gasteiger partial charge in [-0.2, -0.15) is 5.26 Å². The zero-order valence-corrected chi connectivity index (χ0v) is 11.1. The van der Waals surface area contributed by atoms with Crippen molar-refractivity contribution in [2.45, 2.75) is 0 Å². The smallest absolute Gasteiger partial charge is 0.331 e. The molecule has 0 bridgehead atoms. The Morgan fingerprint density at radius 3 is 2.48 bits per heavy atom. The second kappa shape index (κ2) is 5.46. The molecule has 0 aromatic heterocycles. The van der Waals surface area contributed by atoms with Crippen LogP contribution in [0.1, 0.15) is 11.1 Å². The number of urea groups is 1. The number of carbonyl (C=O) groups is 3. The fourth-order valence-electron chi connectivity index (χ4n) is 1.90. The van der Waals surface area contributed by atoms with Gasteiger partial charge in [0, 0.05) is 7.05 Å². The number of benzene rings is 1. The number of hydrogen-bond acceptors (Lipinski definition) is 4. The zero-order valence-electron chi connectivity index (χ0n) is 11.1. The number of nitriles is 1. The Morgan fingerprint density at radius 1 is 1.33 bits per heavy atom. The van der Waals surface area contributed by atoms with E-state index in [0.717, 1.165) is 4.90 Å². The molecule has 1 fully saturated rings. The van der Waals surface area contributed by atoms with Crippen LogP contribution in [0.4, 0.5) is 4.79 Å². The van der Waals surface area contributed by atoms with Gasteiger partial charge in [0.2, 0.25) is 0 Å². The quantitative estimate of drug-likeness (QED) is 0.656. The average Bonchev–Trinajstić information content (AvgIpc) is 2.65. The number of aliphatic carboxylic acids is 1. The molecule has 1 aromatic rings. The molecular weight excluding hydrogens is 274 g/mol. The lowest BCUT2D eigenvalue weighted by Gasteiger charge is -2.09. The summed E-state index contributed by atoms with van der Waals surface area (Å²) in [7, 11) is 1.40. The highest BCUT2D eigenvalue weighted by atomic mass is 16.4. The van der Waals surface area contributed by atoms with Crippen LogP contribution in [0.2, 0.25) is 0 Å². The predicted octanol–water partition coefficient (Wildman–Crippen LogP) is 0.878. The third-order valence-electron chi connectivity index (χ3n) is 2.98. The van der Waals surface area contributed by atoms with Crippen LogP contribution in [0.15, 0.2) is 30.0 Å². The highest BCUT2D eigenvalue weighted by Crippen LogP contribution is 2.21. The minimum atomic E-state index is -1.26. The number of carboxylic acid groups (broad SMARTS) is 1. The Bertz CT molecular complexity index is 685. The summed E-state index contributed by atoms with van der Waals surface area (Å²) >= 11 is 0. The lowest BCUT2D eigenvalue weighted by molar-refractivity contribution is -0.140. The molecule has 1 heterocycles. The van der Waals surface area contributed by atoms with Crippen molar-refractivity contribution in [1.82, 2.24) is 9.80 Å². The number of nitrogens with zero attached hydrogens (tertiary/aromatic N) is 3. The first-order chi connectivity index (χ1) is 9.93. The maximum absolute atomic E-state index is 12.1. The number of likely N-dealkylation sites (N-methyl/N-ethyl adjacent to an activating group) is 1. The summed E-state index contributed by atoms with van der Waals surface area (Å²) in [5, 5.41) is 17.4. The van der Waals surface area contributed by atoms with Crippen molar-refractivity contribution >= 4 is 24.0 Å². The molecule has 1 aromatic carbocycles. The molecule has 106 valence electrons. The van der Waals surface area contributed by atoms with Gasteiger partial charge in [0.1, 0.15) is 12.2 Å². The van der Waals surface area contributed by atoms with Crippen LogP contribution in [-0.2, 0) is 9.59 Å². The van der Waals surface area contributed by atoms with Crippen LogP contribution >= 0.6 is 0 Å². The summed E-state index contributed by atoms with van der Waals surface area (Å²) < 4.78 is 0. The summed E-state index contributed by atoms with van der Waals surface area (Å²) in [6.07, 6.45) is 1.48. The molecule has 1 aliphatic rings. The minimum absolute atomic E-state index is 0.0888. The van der Waals surface area contributed by atoms with Crippen molar-refractivity contribution in [3.8, 4) is 6.07 Å². The monoisotopic (exact) mass is 285 g/mol. The lowest BCUT2D eigenvalue weighted by atomic mass is 10.1. The summed E-state index contributed by atoms with van der Waals surface area (Å²) in [5.74, 6) is -1.92. The topological polar surface area (TPSA) is 102 Å². The Labute approximate surface area is 120 Å². The Hall–Kier alpha value is -3.14. The molecule has 7 nitrogen and oxygen atoms in total. The van der Waals surface area contributed by atoms with Crippen LogP contribution in [-0.4, -0.2) is 46.4 Å². The number of carbonyl (C=O) groups excluding carboxylic acids is 2. The number of rotatable bonds is 3. The fourth-order valence-corrected chi connectivity index (χ4v) is 1.90. The van der Waals surface area contributed by atoms with Gasteiger partial charge in [-0.3, -0.25) is 14.5 Å². The van der Waals surface area contributed by atoms with E-state index in [0.29, 0.717) is 16.0 Å². The second-order valence-electron chi connectivity index (χ2n) is 4.39. The lowest BCUT2D eigenvalue weighted by Crippen LogP contribution is -2.35. The first-order valence-electron chi connectivity index (χ1n) is 5.97. The van der Waals surface area contributed by atoms with E-state index in [2.05, 4.69) is 0 Å².